The normalized spacial score (nSPS) is 13.2. The number of rotatable bonds is 9. The first kappa shape index (κ1) is 23.7. The fourth-order valence-corrected chi connectivity index (χ4v) is 3.27. The summed E-state index contributed by atoms with van der Waals surface area (Å²) in [6.45, 7) is 10.1. The number of aliphatic imine (C=N–C) groups is 1. The summed E-state index contributed by atoms with van der Waals surface area (Å²) in [5, 5.41) is 6.31. The van der Waals surface area contributed by atoms with Gasteiger partial charge in [-0.25, -0.2) is 14.4 Å². The van der Waals surface area contributed by atoms with E-state index in [2.05, 4.69) is 27.2 Å². The van der Waals surface area contributed by atoms with Crippen molar-refractivity contribution in [1.82, 2.24) is 15.3 Å². The number of nitrogen functional groups attached to an aromatic ring is 1. The minimum atomic E-state index is -0.506. The van der Waals surface area contributed by atoms with Crippen LogP contribution in [0, 0.1) is 5.82 Å². The van der Waals surface area contributed by atoms with Gasteiger partial charge in [-0.15, -0.1) is 0 Å². The maximum Gasteiger partial charge on any atom is 0.223 e. The number of hydrogen-bond acceptors (Lipinski definition) is 6. The zero-order valence-corrected chi connectivity index (χ0v) is 19.1. The highest BCUT2D eigenvalue weighted by molar-refractivity contribution is 6.04. The number of nitrogens with two attached hydrogens (primary N) is 1. The van der Waals surface area contributed by atoms with Crippen LogP contribution in [-0.4, -0.2) is 28.3 Å². The Kier molecular flexibility index (Phi) is 7.91. The van der Waals surface area contributed by atoms with Gasteiger partial charge < -0.3 is 16.4 Å². The summed E-state index contributed by atoms with van der Waals surface area (Å²) in [5.41, 5.74) is 9.76. The van der Waals surface area contributed by atoms with Crippen LogP contribution in [-0.2, 0) is 0 Å². The summed E-state index contributed by atoms with van der Waals surface area (Å²) in [6, 6.07) is 16.6. The average molecular weight is 445 g/mol. The van der Waals surface area contributed by atoms with Gasteiger partial charge in [-0.3, -0.25) is 4.99 Å². The van der Waals surface area contributed by atoms with Crippen molar-refractivity contribution in [1.29, 1.82) is 0 Å². The molecule has 2 aromatic carbocycles. The van der Waals surface area contributed by atoms with Crippen LogP contribution >= 0.6 is 0 Å². The molecule has 0 aliphatic heterocycles. The number of benzene rings is 2. The monoisotopic (exact) mass is 444 g/mol. The fraction of sp³-hybridized carbons (Fsp3) is 0.192. The van der Waals surface area contributed by atoms with Crippen molar-refractivity contribution in [2.24, 2.45) is 4.99 Å². The molecule has 1 aromatic heterocycles. The first-order valence-electron chi connectivity index (χ1n) is 10.7. The Balaban J connectivity index is 2.07. The number of nitrogens with zero attached hydrogens (tertiary/aromatic N) is 3. The SMILES string of the molecule is C=CN[C@@H](C)CNc1nccc(/C(C)=C(/N=C(C)c2ccccc2)c2cccc(N)c2F)n1. The molecule has 0 spiro atoms. The number of aromatic nitrogens is 2. The number of allylic oxidation sites excluding steroid dienone is 1. The third-order valence-corrected chi connectivity index (χ3v) is 5.12. The summed E-state index contributed by atoms with van der Waals surface area (Å²) >= 11 is 0. The Labute approximate surface area is 194 Å². The lowest BCUT2D eigenvalue weighted by Crippen LogP contribution is -2.29. The molecule has 1 atom stereocenters. The molecule has 0 radical (unpaired) electrons. The van der Waals surface area contributed by atoms with Crippen molar-refractivity contribution in [3.8, 4) is 0 Å². The first-order chi connectivity index (χ1) is 15.9. The van der Waals surface area contributed by atoms with Crippen molar-refractivity contribution >= 4 is 28.6 Å². The van der Waals surface area contributed by atoms with Crippen molar-refractivity contribution < 1.29 is 4.39 Å². The molecule has 0 aliphatic carbocycles. The molecule has 0 aliphatic rings. The minimum Gasteiger partial charge on any atom is -0.396 e. The van der Waals surface area contributed by atoms with E-state index in [1.165, 1.54) is 6.07 Å². The van der Waals surface area contributed by atoms with Gasteiger partial charge >= 0.3 is 0 Å². The summed E-state index contributed by atoms with van der Waals surface area (Å²) in [6.07, 6.45) is 3.32. The Morgan fingerprint density at radius 1 is 1.15 bits per heavy atom. The molecule has 1 heterocycles. The lowest BCUT2D eigenvalue weighted by atomic mass is 10.0. The third kappa shape index (κ3) is 6.04. The van der Waals surface area contributed by atoms with Crippen LogP contribution in [0.25, 0.3) is 11.3 Å². The van der Waals surface area contributed by atoms with Crippen LogP contribution in [0.5, 0.6) is 0 Å². The molecule has 0 bridgehead atoms. The number of nitrogens with one attached hydrogen (secondary N) is 2. The van der Waals surface area contributed by atoms with Gasteiger partial charge in [0, 0.05) is 35.6 Å². The molecular weight excluding hydrogens is 415 g/mol. The summed E-state index contributed by atoms with van der Waals surface area (Å²) < 4.78 is 15.1. The van der Waals surface area contributed by atoms with Gasteiger partial charge in [0.15, 0.2) is 5.82 Å². The Bertz CT molecular complexity index is 1170. The Morgan fingerprint density at radius 2 is 1.91 bits per heavy atom. The Hall–Kier alpha value is -4.00. The molecule has 7 heteroatoms. The van der Waals surface area contributed by atoms with Crippen LogP contribution < -0.4 is 16.4 Å². The molecule has 4 N–H and O–H groups in total. The van der Waals surface area contributed by atoms with E-state index in [0.29, 0.717) is 35.0 Å². The highest BCUT2D eigenvalue weighted by Gasteiger charge is 2.16. The standard InChI is InChI=1S/C26H29FN6/c1-5-29-17(2)16-31-26-30-15-14-23(33-26)18(3)25(21-12-9-13-22(28)24(21)27)32-19(4)20-10-7-6-8-11-20/h5-15,17,29H,1,16,28H2,2-4H3,(H,30,31,33)/b25-18+,32-19?/t17-/m0/s1. The second kappa shape index (κ2) is 11.0. The molecule has 170 valence electrons. The van der Waals surface area contributed by atoms with E-state index in [1.54, 1.807) is 30.6 Å². The molecule has 6 nitrogen and oxygen atoms in total. The second-order valence-corrected chi connectivity index (χ2v) is 7.66. The first-order valence-corrected chi connectivity index (χ1v) is 10.7. The van der Waals surface area contributed by atoms with E-state index in [1.807, 2.05) is 51.1 Å². The third-order valence-electron chi connectivity index (χ3n) is 5.12. The Morgan fingerprint density at radius 3 is 2.64 bits per heavy atom. The van der Waals surface area contributed by atoms with E-state index >= 15 is 4.39 Å². The molecule has 33 heavy (non-hydrogen) atoms. The van der Waals surface area contributed by atoms with Gasteiger partial charge in [0.25, 0.3) is 0 Å². The van der Waals surface area contributed by atoms with Gasteiger partial charge in [-0.05, 0) is 50.7 Å². The maximum absolute atomic E-state index is 15.1. The van der Waals surface area contributed by atoms with E-state index < -0.39 is 5.82 Å². The molecule has 0 fully saturated rings. The van der Waals surface area contributed by atoms with Crippen LogP contribution in [0.4, 0.5) is 16.0 Å². The predicted molar refractivity (Wildman–Crippen MR) is 135 cm³/mol. The second-order valence-electron chi connectivity index (χ2n) is 7.66. The lowest BCUT2D eigenvalue weighted by Gasteiger charge is -2.14. The topological polar surface area (TPSA) is 88.2 Å². The molecule has 0 saturated carbocycles. The largest absolute Gasteiger partial charge is 0.396 e. The van der Waals surface area contributed by atoms with E-state index in [9.17, 15) is 0 Å². The van der Waals surface area contributed by atoms with Crippen molar-refractivity contribution in [3.05, 3.63) is 96.2 Å². The average Bonchev–Trinajstić information content (AvgIpc) is 2.83. The molecule has 3 rings (SSSR count). The predicted octanol–water partition coefficient (Wildman–Crippen LogP) is 5.13. The molecular formula is C26H29FN6. The molecule has 0 unspecified atom stereocenters. The van der Waals surface area contributed by atoms with E-state index in [-0.39, 0.29) is 11.7 Å². The van der Waals surface area contributed by atoms with Crippen molar-refractivity contribution in [2.45, 2.75) is 26.8 Å². The van der Waals surface area contributed by atoms with Crippen LogP contribution in [0.15, 0.2) is 78.6 Å². The fourth-order valence-electron chi connectivity index (χ4n) is 3.27. The highest BCUT2D eigenvalue weighted by Crippen LogP contribution is 2.31. The zero-order valence-electron chi connectivity index (χ0n) is 19.1. The highest BCUT2D eigenvalue weighted by atomic mass is 19.1. The molecule has 0 saturated heterocycles. The minimum absolute atomic E-state index is 0.0686. The number of anilines is 2. The van der Waals surface area contributed by atoms with Gasteiger partial charge in [0.2, 0.25) is 5.95 Å². The van der Waals surface area contributed by atoms with E-state index in [0.717, 1.165) is 11.3 Å². The van der Waals surface area contributed by atoms with Crippen LogP contribution in [0.1, 0.15) is 37.6 Å². The van der Waals surface area contributed by atoms with Gasteiger partial charge in [0.1, 0.15) is 0 Å². The summed E-state index contributed by atoms with van der Waals surface area (Å²) in [4.78, 5) is 13.7. The number of halogens is 1. The smallest absolute Gasteiger partial charge is 0.223 e. The van der Waals surface area contributed by atoms with Crippen LogP contribution in [0.2, 0.25) is 0 Å². The molecule has 0 amide bonds. The lowest BCUT2D eigenvalue weighted by molar-refractivity contribution is 0.628. The quantitative estimate of drug-likeness (QED) is 0.315. The maximum atomic E-state index is 15.1. The summed E-state index contributed by atoms with van der Waals surface area (Å²) in [7, 11) is 0. The van der Waals surface area contributed by atoms with Crippen LogP contribution in [0.3, 0.4) is 0 Å². The molecule has 3 aromatic rings. The van der Waals surface area contributed by atoms with E-state index in [4.69, 9.17) is 10.7 Å². The number of hydrogen-bond donors (Lipinski definition) is 3. The van der Waals surface area contributed by atoms with Crippen molar-refractivity contribution in [2.75, 3.05) is 17.6 Å². The van der Waals surface area contributed by atoms with Crippen molar-refractivity contribution in [3.63, 3.8) is 0 Å². The van der Waals surface area contributed by atoms with Gasteiger partial charge in [-0.2, -0.15) is 0 Å². The van der Waals surface area contributed by atoms with Gasteiger partial charge in [0.05, 0.1) is 17.1 Å². The van der Waals surface area contributed by atoms with Gasteiger partial charge in [-0.1, -0.05) is 43.0 Å². The zero-order chi connectivity index (χ0) is 23.8. The summed E-state index contributed by atoms with van der Waals surface area (Å²) in [5.74, 6) is -0.0334.